The number of hydrogen-bond acceptors (Lipinski definition) is 3. The molecule has 1 aliphatic carbocycles. The van der Waals surface area contributed by atoms with Crippen LogP contribution >= 0.6 is 11.6 Å². The molecule has 1 aliphatic rings. The van der Waals surface area contributed by atoms with Gasteiger partial charge in [0.25, 0.3) is 5.91 Å². The third-order valence-electron chi connectivity index (χ3n) is 5.01. The number of anilines is 2. The zero-order valence-corrected chi connectivity index (χ0v) is 16.8. The van der Waals surface area contributed by atoms with Crippen LogP contribution < -0.4 is 16.0 Å². The Morgan fingerprint density at radius 2 is 1.75 bits per heavy atom. The van der Waals surface area contributed by atoms with Crippen LogP contribution in [-0.2, 0) is 4.79 Å². The highest BCUT2D eigenvalue weighted by molar-refractivity contribution is 6.30. The van der Waals surface area contributed by atoms with Crippen molar-refractivity contribution in [3.63, 3.8) is 0 Å². The summed E-state index contributed by atoms with van der Waals surface area (Å²) in [6.45, 7) is 2.08. The van der Waals surface area contributed by atoms with Gasteiger partial charge in [-0.1, -0.05) is 36.9 Å². The van der Waals surface area contributed by atoms with Crippen molar-refractivity contribution in [1.82, 2.24) is 5.32 Å². The van der Waals surface area contributed by atoms with Crippen LogP contribution in [0.3, 0.4) is 0 Å². The third kappa shape index (κ3) is 5.73. The van der Waals surface area contributed by atoms with Gasteiger partial charge in [0.1, 0.15) is 0 Å². The molecule has 148 valence electrons. The summed E-state index contributed by atoms with van der Waals surface area (Å²) in [5.41, 5.74) is 3.11. The molecule has 2 aromatic rings. The Kier molecular flexibility index (Phi) is 6.93. The molecule has 3 N–H and O–H groups in total. The topological polar surface area (TPSA) is 70.2 Å². The molecule has 0 aromatic heterocycles. The second-order valence-electron chi connectivity index (χ2n) is 7.25. The molecule has 0 atom stereocenters. The molecule has 0 saturated heterocycles. The molecule has 0 unspecified atom stereocenters. The normalized spacial score (nSPS) is 14.4. The quantitative estimate of drug-likeness (QED) is 0.655. The lowest BCUT2D eigenvalue weighted by atomic mass is 9.95. The fourth-order valence-electron chi connectivity index (χ4n) is 3.39. The number of aryl methyl sites for hydroxylation is 1. The van der Waals surface area contributed by atoms with Crippen LogP contribution in [0, 0.1) is 6.92 Å². The van der Waals surface area contributed by atoms with E-state index in [2.05, 4.69) is 16.0 Å². The van der Waals surface area contributed by atoms with E-state index < -0.39 is 0 Å². The predicted molar refractivity (Wildman–Crippen MR) is 114 cm³/mol. The monoisotopic (exact) mass is 399 g/mol. The minimum Gasteiger partial charge on any atom is -0.376 e. The molecule has 28 heavy (non-hydrogen) atoms. The Labute approximate surface area is 170 Å². The van der Waals surface area contributed by atoms with Gasteiger partial charge < -0.3 is 16.0 Å². The molecule has 0 bridgehead atoms. The first-order valence-electron chi connectivity index (χ1n) is 9.72. The molecule has 0 heterocycles. The van der Waals surface area contributed by atoms with Gasteiger partial charge in [-0.15, -0.1) is 0 Å². The lowest BCUT2D eigenvalue weighted by Gasteiger charge is -2.22. The molecule has 0 spiro atoms. The van der Waals surface area contributed by atoms with Crippen molar-refractivity contribution in [1.29, 1.82) is 0 Å². The Morgan fingerprint density at radius 3 is 2.46 bits per heavy atom. The van der Waals surface area contributed by atoms with Crippen molar-refractivity contribution in [3.8, 4) is 0 Å². The summed E-state index contributed by atoms with van der Waals surface area (Å²) in [5, 5.41) is 9.63. The maximum atomic E-state index is 12.3. The number of halogens is 1. The van der Waals surface area contributed by atoms with Gasteiger partial charge in [0, 0.05) is 28.0 Å². The minimum absolute atomic E-state index is 0.0529. The first-order valence-corrected chi connectivity index (χ1v) is 10.1. The highest BCUT2D eigenvalue weighted by Crippen LogP contribution is 2.20. The minimum atomic E-state index is -0.168. The third-order valence-corrected chi connectivity index (χ3v) is 5.25. The number of amides is 2. The maximum absolute atomic E-state index is 12.3. The molecule has 5 nitrogen and oxygen atoms in total. The Balaban J connectivity index is 1.49. The van der Waals surface area contributed by atoms with Crippen LogP contribution in [0.5, 0.6) is 0 Å². The van der Waals surface area contributed by atoms with Gasteiger partial charge in [0.15, 0.2) is 0 Å². The van der Waals surface area contributed by atoms with Crippen LogP contribution in [-0.4, -0.2) is 24.4 Å². The summed E-state index contributed by atoms with van der Waals surface area (Å²) < 4.78 is 0. The van der Waals surface area contributed by atoms with Gasteiger partial charge in [-0.3, -0.25) is 9.59 Å². The number of hydrogen-bond donors (Lipinski definition) is 3. The van der Waals surface area contributed by atoms with E-state index in [0.29, 0.717) is 16.3 Å². The molecule has 0 aliphatic heterocycles. The Bertz CT molecular complexity index is 830. The van der Waals surface area contributed by atoms with Crippen molar-refractivity contribution >= 4 is 34.8 Å². The predicted octanol–water partition coefficient (Wildman–Crippen LogP) is 4.76. The smallest absolute Gasteiger partial charge is 0.251 e. The van der Waals surface area contributed by atoms with Crippen LogP contribution in [0.2, 0.25) is 5.02 Å². The number of rotatable bonds is 6. The summed E-state index contributed by atoms with van der Waals surface area (Å²) in [7, 11) is 0. The molecular weight excluding hydrogens is 374 g/mol. The van der Waals surface area contributed by atoms with Crippen molar-refractivity contribution in [2.24, 2.45) is 0 Å². The first kappa shape index (κ1) is 20.2. The van der Waals surface area contributed by atoms with E-state index in [0.717, 1.165) is 24.1 Å². The van der Waals surface area contributed by atoms with Gasteiger partial charge in [-0.25, -0.2) is 0 Å². The number of carbonyl (C=O) groups excluding carboxylic acids is 2. The van der Waals surface area contributed by atoms with Crippen LogP contribution in [0.25, 0.3) is 0 Å². The molecule has 1 fully saturated rings. The second-order valence-corrected chi connectivity index (χ2v) is 7.68. The summed E-state index contributed by atoms with van der Waals surface area (Å²) in [6.07, 6.45) is 5.72. The van der Waals surface area contributed by atoms with E-state index in [4.69, 9.17) is 11.6 Å². The maximum Gasteiger partial charge on any atom is 0.251 e. The number of benzene rings is 2. The van der Waals surface area contributed by atoms with Gasteiger partial charge in [0.05, 0.1) is 6.54 Å². The number of carbonyl (C=O) groups is 2. The zero-order valence-electron chi connectivity index (χ0n) is 16.1. The van der Waals surface area contributed by atoms with Crippen molar-refractivity contribution < 1.29 is 9.59 Å². The lowest BCUT2D eigenvalue weighted by molar-refractivity contribution is -0.114. The van der Waals surface area contributed by atoms with E-state index in [1.165, 1.54) is 19.3 Å². The van der Waals surface area contributed by atoms with E-state index in [9.17, 15) is 9.59 Å². The molecule has 3 rings (SSSR count). The zero-order chi connectivity index (χ0) is 19.9. The standard InChI is InChI=1S/C22H26ClN3O2/c1-15-7-10-17(23)13-20(15)24-14-21(27)25-19-11-8-16(9-12-19)22(28)26-18-5-3-2-4-6-18/h7-13,18,24H,2-6,14H2,1H3,(H,25,27)(H,26,28). The van der Waals surface area contributed by atoms with Crippen molar-refractivity contribution in [3.05, 3.63) is 58.6 Å². The first-order chi connectivity index (χ1) is 13.5. The van der Waals surface area contributed by atoms with E-state index in [1.54, 1.807) is 30.3 Å². The number of nitrogens with one attached hydrogen (secondary N) is 3. The van der Waals surface area contributed by atoms with Crippen LogP contribution in [0.15, 0.2) is 42.5 Å². The summed E-state index contributed by atoms with van der Waals surface area (Å²) >= 11 is 5.99. The van der Waals surface area contributed by atoms with E-state index in [1.807, 2.05) is 19.1 Å². The fourth-order valence-corrected chi connectivity index (χ4v) is 3.56. The van der Waals surface area contributed by atoms with Crippen LogP contribution in [0.1, 0.15) is 48.0 Å². The fraction of sp³-hybridized carbons (Fsp3) is 0.364. The van der Waals surface area contributed by atoms with Gasteiger partial charge >= 0.3 is 0 Å². The summed E-state index contributed by atoms with van der Waals surface area (Å²) in [5.74, 6) is -0.221. The summed E-state index contributed by atoms with van der Waals surface area (Å²) in [6, 6.07) is 12.8. The molecule has 2 aromatic carbocycles. The largest absolute Gasteiger partial charge is 0.376 e. The lowest BCUT2D eigenvalue weighted by Crippen LogP contribution is -2.36. The molecular formula is C22H26ClN3O2. The summed E-state index contributed by atoms with van der Waals surface area (Å²) in [4.78, 5) is 24.5. The molecule has 2 amide bonds. The molecule has 0 radical (unpaired) electrons. The SMILES string of the molecule is Cc1ccc(Cl)cc1NCC(=O)Nc1ccc(C(=O)NC2CCCCC2)cc1. The van der Waals surface area contributed by atoms with Crippen molar-refractivity contribution in [2.75, 3.05) is 17.2 Å². The van der Waals surface area contributed by atoms with Crippen LogP contribution in [0.4, 0.5) is 11.4 Å². The Morgan fingerprint density at radius 1 is 1.04 bits per heavy atom. The van der Waals surface area contributed by atoms with Gasteiger partial charge in [-0.05, 0) is 61.7 Å². The van der Waals surface area contributed by atoms with Gasteiger partial charge in [0.2, 0.25) is 5.91 Å². The molecule has 6 heteroatoms. The Hall–Kier alpha value is -2.53. The van der Waals surface area contributed by atoms with Gasteiger partial charge in [-0.2, -0.15) is 0 Å². The highest BCUT2D eigenvalue weighted by atomic mass is 35.5. The second kappa shape index (κ2) is 9.60. The van der Waals surface area contributed by atoms with Crippen molar-refractivity contribution in [2.45, 2.75) is 45.1 Å². The van der Waals surface area contributed by atoms with E-state index >= 15 is 0 Å². The highest BCUT2D eigenvalue weighted by Gasteiger charge is 2.16. The average molecular weight is 400 g/mol. The van der Waals surface area contributed by atoms with E-state index in [-0.39, 0.29) is 24.4 Å². The average Bonchev–Trinajstić information content (AvgIpc) is 2.70. The molecule has 1 saturated carbocycles.